The highest BCUT2D eigenvalue weighted by molar-refractivity contribution is 6.30. The van der Waals surface area contributed by atoms with Crippen LogP contribution in [0.3, 0.4) is 0 Å². The van der Waals surface area contributed by atoms with E-state index in [4.69, 9.17) is 17.3 Å². The minimum absolute atomic E-state index is 0.0635. The Balaban J connectivity index is 1.35. The molecule has 1 aliphatic rings. The first kappa shape index (κ1) is 24.5. The van der Waals surface area contributed by atoms with Crippen LogP contribution in [0.5, 0.6) is 0 Å². The predicted octanol–water partition coefficient (Wildman–Crippen LogP) is 5.17. The summed E-state index contributed by atoms with van der Waals surface area (Å²) in [5.41, 5.74) is 10.1. The summed E-state index contributed by atoms with van der Waals surface area (Å²) in [6, 6.07) is 28.8. The molecule has 0 spiro atoms. The molecule has 2 N–H and O–H groups in total. The van der Waals surface area contributed by atoms with Gasteiger partial charge in [-0.25, -0.2) is 0 Å². The topological polar surface area (TPSA) is 49.6 Å². The van der Waals surface area contributed by atoms with E-state index in [-0.39, 0.29) is 11.9 Å². The van der Waals surface area contributed by atoms with Gasteiger partial charge in [0.05, 0.1) is 12.1 Å². The second kappa shape index (κ2) is 11.7. The molecule has 2 unspecified atom stereocenters. The van der Waals surface area contributed by atoms with E-state index in [0.29, 0.717) is 25.4 Å². The van der Waals surface area contributed by atoms with Gasteiger partial charge in [0.1, 0.15) is 0 Å². The number of rotatable bonds is 8. The van der Waals surface area contributed by atoms with Crippen molar-refractivity contribution in [1.82, 2.24) is 9.80 Å². The first-order chi connectivity index (χ1) is 16.5. The molecule has 4 nitrogen and oxygen atoms in total. The molecule has 0 radical (unpaired) electrons. The van der Waals surface area contributed by atoms with Crippen molar-refractivity contribution in [2.75, 3.05) is 26.2 Å². The Morgan fingerprint density at radius 2 is 1.47 bits per heavy atom. The molecule has 34 heavy (non-hydrogen) atoms. The Hall–Kier alpha value is -2.66. The van der Waals surface area contributed by atoms with Gasteiger partial charge in [-0.15, -0.1) is 0 Å². The van der Waals surface area contributed by atoms with E-state index in [9.17, 15) is 4.79 Å². The van der Waals surface area contributed by atoms with Gasteiger partial charge in [0.25, 0.3) is 0 Å². The molecule has 0 bridgehead atoms. The number of halogens is 1. The zero-order valence-electron chi connectivity index (χ0n) is 19.8. The number of nitrogens with two attached hydrogens (primary N) is 1. The molecule has 5 heteroatoms. The Morgan fingerprint density at radius 3 is 2.03 bits per heavy atom. The van der Waals surface area contributed by atoms with Crippen LogP contribution in [0.1, 0.15) is 36.1 Å². The van der Waals surface area contributed by atoms with Gasteiger partial charge < -0.3 is 10.6 Å². The third kappa shape index (κ3) is 6.26. The summed E-state index contributed by atoms with van der Waals surface area (Å²) in [4.78, 5) is 17.5. The van der Waals surface area contributed by atoms with Gasteiger partial charge in [0.15, 0.2) is 0 Å². The number of carbonyl (C=O) groups excluding carboxylic acids is 1. The Morgan fingerprint density at radius 1 is 0.882 bits per heavy atom. The lowest BCUT2D eigenvalue weighted by Gasteiger charge is -2.40. The highest BCUT2D eigenvalue weighted by atomic mass is 35.5. The second-order valence-corrected chi connectivity index (χ2v) is 9.80. The van der Waals surface area contributed by atoms with Crippen LogP contribution in [0, 0.1) is 5.92 Å². The number of carbonyl (C=O) groups is 1. The molecule has 0 saturated carbocycles. The van der Waals surface area contributed by atoms with E-state index in [1.54, 1.807) is 0 Å². The van der Waals surface area contributed by atoms with Crippen LogP contribution in [0.25, 0.3) is 0 Å². The number of hydrogen-bond donors (Lipinski definition) is 1. The highest BCUT2D eigenvalue weighted by Crippen LogP contribution is 2.29. The standard InChI is InChI=1S/C29H34ClN3O/c1-22(19-23-9-8-14-26(30)21-23)20-27(31)29(34)33-17-15-32(16-18-33)28(24-10-4-2-5-11-24)25-12-6-3-7-13-25/h2-14,21-22,27-28H,15-20,31H2,1H3. The summed E-state index contributed by atoms with van der Waals surface area (Å²) in [6.45, 7) is 5.20. The summed E-state index contributed by atoms with van der Waals surface area (Å²) in [6.07, 6.45) is 1.54. The minimum Gasteiger partial charge on any atom is -0.339 e. The molecule has 178 valence electrons. The van der Waals surface area contributed by atoms with Crippen LogP contribution < -0.4 is 5.73 Å². The normalized spacial score (nSPS) is 16.4. The van der Waals surface area contributed by atoms with Crippen molar-refractivity contribution in [3.05, 3.63) is 107 Å². The zero-order valence-corrected chi connectivity index (χ0v) is 20.6. The van der Waals surface area contributed by atoms with Crippen LogP contribution in [0.2, 0.25) is 5.02 Å². The van der Waals surface area contributed by atoms with Crippen LogP contribution >= 0.6 is 11.6 Å². The number of benzene rings is 3. The molecular weight excluding hydrogens is 442 g/mol. The van der Waals surface area contributed by atoms with E-state index in [2.05, 4.69) is 78.6 Å². The molecule has 3 aromatic carbocycles. The van der Waals surface area contributed by atoms with E-state index in [0.717, 1.165) is 24.5 Å². The van der Waals surface area contributed by atoms with Gasteiger partial charge in [-0.1, -0.05) is 91.3 Å². The average Bonchev–Trinajstić information content (AvgIpc) is 2.85. The number of amides is 1. The van der Waals surface area contributed by atoms with Gasteiger partial charge >= 0.3 is 0 Å². The smallest absolute Gasteiger partial charge is 0.239 e. The predicted molar refractivity (Wildman–Crippen MR) is 140 cm³/mol. The van der Waals surface area contributed by atoms with E-state index >= 15 is 0 Å². The fraction of sp³-hybridized carbons (Fsp3) is 0.345. The highest BCUT2D eigenvalue weighted by Gasteiger charge is 2.30. The Kier molecular flexibility index (Phi) is 8.39. The first-order valence-corrected chi connectivity index (χ1v) is 12.5. The van der Waals surface area contributed by atoms with Gasteiger partial charge in [0.2, 0.25) is 5.91 Å². The van der Waals surface area contributed by atoms with Crippen LogP contribution in [-0.4, -0.2) is 47.9 Å². The molecule has 3 aromatic rings. The second-order valence-electron chi connectivity index (χ2n) is 9.37. The van der Waals surface area contributed by atoms with Crippen LogP contribution in [0.15, 0.2) is 84.9 Å². The van der Waals surface area contributed by atoms with E-state index in [1.165, 1.54) is 16.7 Å². The van der Waals surface area contributed by atoms with Gasteiger partial charge in [0, 0.05) is 31.2 Å². The SMILES string of the molecule is CC(Cc1cccc(Cl)c1)CC(N)C(=O)N1CCN(C(c2ccccc2)c2ccccc2)CC1. The third-order valence-corrected chi connectivity index (χ3v) is 6.90. The molecule has 2 atom stereocenters. The summed E-state index contributed by atoms with van der Waals surface area (Å²) in [5, 5.41) is 0.743. The molecular formula is C29H34ClN3O. The molecule has 1 saturated heterocycles. The van der Waals surface area contributed by atoms with Crippen molar-refractivity contribution in [3.63, 3.8) is 0 Å². The molecule has 0 aromatic heterocycles. The average molecular weight is 476 g/mol. The van der Waals surface area contributed by atoms with E-state index < -0.39 is 6.04 Å². The van der Waals surface area contributed by atoms with Gasteiger partial charge in [-0.2, -0.15) is 0 Å². The summed E-state index contributed by atoms with van der Waals surface area (Å²) >= 11 is 6.11. The molecule has 1 amide bonds. The summed E-state index contributed by atoms with van der Waals surface area (Å²) in [7, 11) is 0. The largest absolute Gasteiger partial charge is 0.339 e. The van der Waals surface area contributed by atoms with Gasteiger partial charge in [-0.05, 0) is 47.6 Å². The van der Waals surface area contributed by atoms with Crippen LogP contribution in [0.4, 0.5) is 0 Å². The number of nitrogens with zero attached hydrogens (tertiary/aromatic N) is 2. The zero-order chi connectivity index (χ0) is 23.9. The maximum Gasteiger partial charge on any atom is 0.239 e. The summed E-state index contributed by atoms with van der Waals surface area (Å²) < 4.78 is 0. The lowest BCUT2D eigenvalue weighted by atomic mass is 9.94. The van der Waals surface area contributed by atoms with Gasteiger partial charge in [-0.3, -0.25) is 9.69 Å². The number of piperazine rings is 1. The third-order valence-electron chi connectivity index (χ3n) is 6.67. The van der Waals surface area contributed by atoms with Crippen molar-refractivity contribution in [2.45, 2.75) is 31.8 Å². The molecule has 1 aliphatic heterocycles. The lowest BCUT2D eigenvalue weighted by Crippen LogP contribution is -2.54. The molecule has 0 aliphatic carbocycles. The van der Waals surface area contributed by atoms with Crippen molar-refractivity contribution >= 4 is 17.5 Å². The number of hydrogen-bond acceptors (Lipinski definition) is 3. The Bertz CT molecular complexity index is 1010. The van der Waals surface area contributed by atoms with Crippen molar-refractivity contribution in [2.24, 2.45) is 11.7 Å². The maximum absolute atomic E-state index is 13.1. The fourth-order valence-corrected chi connectivity index (χ4v) is 5.22. The Labute approximate surface area is 208 Å². The van der Waals surface area contributed by atoms with Crippen molar-refractivity contribution in [3.8, 4) is 0 Å². The monoisotopic (exact) mass is 475 g/mol. The minimum atomic E-state index is -0.472. The quantitative estimate of drug-likeness (QED) is 0.489. The fourth-order valence-electron chi connectivity index (χ4n) is 5.00. The summed E-state index contributed by atoms with van der Waals surface area (Å²) in [5.74, 6) is 0.368. The van der Waals surface area contributed by atoms with E-state index in [1.807, 2.05) is 23.1 Å². The lowest BCUT2D eigenvalue weighted by molar-refractivity contribution is -0.135. The molecule has 1 heterocycles. The van der Waals surface area contributed by atoms with Crippen LogP contribution in [-0.2, 0) is 11.2 Å². The molecule has 1 fully saturated rings. The first-order valence-electron chi connectivity index (χ1n) is 12.1. The van der Waals surface area contributed by atoms with Crippen molar-refractivity contribution < 1.29 is 4.79 Å². The maximum atomic E-state index is 13.1. The molecule has 4 rings (SSSR count). The van der Waals surface area contributed by atoms with Crippen molar-refractivity contribution in [1.29, 1.82) is 0 Å².